The fraction of sp³-hybridized carbons (Fsp3) is 0.222. The molecule has 6 heteroatoms. The van der Waals surface area contributed by atoms with Crippen molar-refractivity contribution in [1.82, 2.24) is 0 Å². The second kappa shape index (κ2) is 7.32. The molecule has 2 aromatic carbocycles. The average Bonchev–Trinajstić information content (AvgIpc) is 3.11. The van der Waals surface area contributed by atoms with E-state index in [0.717, 1.165) is 0 Å². The summed E-state index contributed by atoms with van der Waals surface area (Å²) in [5.41, 5.74) is 8.87. The van der Waals surface area contributed by atoms with E-state index in [1.165, 1.54) is 17.1 Å². The van der Waals surface area contributed by atoms with E-state index >= 15 is 0 Å². The SMILES string of the molecule is Cc1c(NC(=O)c2ccc(C3SCCS3)cc2)cccc1C(N)=O. The summed E-state index contributed by atoms with van der Waals surface area (Å²) < 4.78 is 0.469. The molecule has 0 spiro atoms. The second-order valence-corrected chi connectivity index (χ2v) is 8.22. The molecule has 0 aromatic heterocycles. The third kappa shape index (κ3) is 3.60. The number of hydrogen-bond acceptors (Lipinski definition) is 4. The largest absolute Gasteiger partial charge is 0.366 e. The number of nitrogens with two attached hydrogens (primary N) is 1. The van der Waals surface area contributed by atoms with Crippen LogP contribution in [0.15, 0.2) is 42.5 Å². The van der Waals surface area contributed by atoms with Gasteiger partial charge in [0.15, 0.2) is 0 Å². The number of rotatable bonds is 4. The van der Waals surface area contributed by atoms with Crippen LogP contribution in [0.25, 0.3) is 0 Å². The van der Waals surface area contributed by atoms with Gasteiger partial charge in [-0.1, -0.05) is 18.2 Å². The molecule has 0 atom stereocenters. The van der Waals surface area contributed by atoms with Gasteiger partial charge in [0.1, 0.15) is 0 Å². The van der Waals surface area contributed by atoms with Gasteiger partial charge in [-0.05, 0) is 42.3 Å². The van der Waals surface area contributed by atoms with Crippen LogP contribution in [0.4, 0.5) is 5.69 Å². The minimum atomic E-state index is -0.500. The third-order valence-corrected chi connectivity index (χ3v) is 7.02. The van der Waals surface area contributed by atoms with Gasteiger partial charge in [0.2, 0.25) is 5.91 Å². The van der Waals surface area contributed by atoms with Crippen molar-refractivity contribution < 1.29 is 9.59 Å². The van der Waals surface area contributed by atoms with Crippen LogP contribution >= 0.6 is 23.5 Å². The first kappa shape index (κ1) is 16.9. The van der Waals surface area contributed by atoms with E-state index in [0.29, 0.717) is 27.0 Å². The molecule has 4 nitrogen and oxygen atoms in total. The minimum Gasteiger partial charge on any atom is -0.366 e. The predicted molar refractivity (Wildman–Crippen MR) is 102 cm³/mol. The molecule has 0 radical (unpaired) electrons. The summed E-state index contributed by atoms with van der Waals surface area (Å²) in [5, 5.41) is 2.85. The third-order valence-electron chi connectivity index (χ3n) is 3.91. The average molecular weight is 358 g/mol. The van der Waals surface area contributed by atoms with Crippen molar-refractivity contribution in [2.24, 2.45) is 5.73 Å². The lowest BCUT2D eigenvalue weighted by molar-refractivity contribution is 0.0995. The highest BCUT2D eigenvalue weighted by molar-refractivity contribution is 8.19. The zero-order chi connectivity index (χ0) is 17.1. The van der Waals surface area contributed by atoms with Crippen molar-refractivity contribution in [3.8, 4) is 0 Å². The van der Waals surface area contributed by atoms with Gasteiger partial charge >= 0.3 is 0 Å². The smallest absolute Gasteiger partial charge is 0.255 e. The minimum absolute atomic E-state index is 0.196. The van der Waals surface area contributed by atoms with Gasteiger partial charge in [-0.25, -0.2) is 0 Å². The van der Waals surface area contributed by atoms with E-state index in [4.69, 9.17) is 5.73 Å². The van der Waals surface area contributed by atoms with Crippen molar-refractivity contribution in [3.05, 3.63) is 64.7 Å². The molecule has 124 valence electrons. The quantitative estimate of drug-likeness (QED) is 0.871. The molecule has 0 unspecified atom stereocenters. The monoisotopic (exact) mass is 358 g/mol. The summed E-state index contributed by atoms with van der Waals surface area (Å²) in [7, 11) is 0. The van der Waals surface area contributed by atoms with Crippen LogP contribution in [-0.2, 0) is 0 Å². The Kier molecular flexibility index (Phi) is 5.16. The fourth-order valence-electron chi connectivity index (χ4n) is 2.57. The van der Waals surface area contributed by atoms with E-state index in [1.54, 1.807) is 25.1 Å². The van der Waals surface area contributed by atoms with E-state index in [1.807, 2.05) is 47.8 Å². The highest BCUT2D eigenvalue weighted by atomic mass is 32.2. The zero-order valence-electron chi connectivity index (χ0n) is 13.2. The topological polar surface area (TPSA) is 72.2 Å². The number of thioether (sulfide) groups is 2. The number of benzene rings is 2. The summed E-state index contributed by atoms with van der Waals surface area (Å²) in [6.07, 6.45) is 0. The lowest BCUT2D eigenvalue weighted by atomic mass is 10.1. The van der Waals surface area contributed by atoms with Crippen molar-refractivity contribution >= 4 is 41.0 Å². The molecule has 0 bridgehead atoms. The van der Waals surface area contributed by atoms with E-state index in [2.05, 4.69) is 5.32 Å². The van der Waals surface area contributed by atoms with Gasteiger partial charge in [-0.15, -0.1) is 23.5 Å². The number of primary amides is 1. The summed E-state index contributed by atoms with van der Waals surface area (Å²) in [4.78, 5) is 23.8. The molecule has 0 saturated carbocycles. The zero-order valence-corrected chi connectivity index (χ0v) is 14.9. The maximum Gasteiger partial charge on any atom is 0.255 e. The number of amides is 2. The summed E-state index contributed by atoms with van der Waals surface area (Å²) in [6.45, 7) is 1.77. The second-order valence-electron chi connectivity index (χ2n) is 5.49. The van der Waals surface area contributed by atoms with Gasteiger partial charge in [0, 0.05) is 28.3 Å². The Balaban J connectivity index is 1.75. The van der Waals surface area contributed by atoms with Crippen LogP contribution in [0.2, 0.25) is 0 Å². The Morgan fingerprint density at radius 3 is 2.38 bits per heavy atom. The van der Waals surface area contributed by atoms with Crippen molar-refractivity contribution in [1.29, 1.82) is 0 Å². The first-order chi connectivity index (χ1) is 11.6. The lowest BCUT2D eigenvalue weighted by Crippen LogP contribution is -2.16. The van der Waals surface area contributed by atoms with Crippen LogP contribution in [0.5, 0.6) is 0 Å². The summed E-state index contributed by atoms with van der Waals surface area (Å²) in [6, 6.07) is 12.8. The van der Waals surface area contributed by atoms with Crippen molar-refractivity contribution in [2.75, 3.05) is 16.8 Å². The molecule has 24 heavy (non-hydrogen) atoms. The highest BCUT2D eigenvalue weighted by Crippen LogP contribution is 2.45. The van der Waals surface area contributed by atoms with Crippen molar-refractivity contribution in [3.63, 3.8) is 0 Å². The Morgan fingerprint density at radius 2 is 1.75 bits per heavy atom. The van der Waals surface area contributed by atoms with Crippen LogP contribution < -0.4 is 11.1 Å². The number of carbonyl (C=O) groups excluding carboxylic acids is 2. The maximum atomic E-state index is 12.4. The van der Waals surface area contributed by atoms with Gasteiger partial charge in [0.05, 0.1) is 4.58 Å². The molecule has 1 aliphatic heterocycles. The lowest BCUT2D eigenvalue weighted by Gasteiger charge is -2.12. The predicted octanol–water partition coefficient (Wildman–Crippen LogP) is 3.82. The highest BCUT2D eigenvalue weighted by Gasteiger charge is 2.18. The number of hydrogen-bond donors (Lipinski definition) is 2. The molecule has 1 saturated heterocycles. The van der Waals surface area contributed by atoms with Crippen LogP contribution in [0.1, 0.15) is 36.4 Å². The molecule has 3 N–H and O–H groups in total. The molecule has 1 fully saturated rings. The fourth-order valence-corrected chi connectivity index (χ4v) is 5.43. The Labute approximate surface area is 149 Å². The molecular weight excluding hydrogens is 340 g/mol. The summed E-state index contributed by atoms with van der Waals surface area (Å²) in [5.74, 6) is 1.65. The normalized spacial score (nSPS) is 14.5. The van der Waals surface area contributed by atoms with Gasteiger partial charge in [0.25, 0.3) is 5.91 Å². The molecule has 0 aliphatic carbocycles. The maximum absolute atomic E-state index is 12.4. The Bertz CT molecular complexity index is 769. The van der Waals surface area contributed by atoms with Gasteiger partial charge in [-0.3, -0.25) is 9.59 Å². The molecule has 3 rings (SSSR count). The molecule has 1 aliphatic rings. The molecule has 1 heterocycles. The first-order valence-electron chi connectivity index (χ1n) is 7.60. The summed E-state index contributed by atoms with van der Waals surface area (Å²) >= 11 is 3.87. The first-order valence-corrected chi connectivity index (χ1v) is 9.70. The van der Waals surface area contributed by atoms with E-state index < -0.39 is 5.91 Å². The van der Waals surface area contributed by atoms with Crippen LogP contribution in [-0.4, -0.2) is 23.3 Å². The van der Waals surface area contributed by atoms with E-state index in [9.17, 15) is 9.59 Å². The van der Waals surface area contributed by atoms with E-state index in [-0.39, 0.29) is 5.91 Å². The van der Waals surface area contributed by atoms with Crippen LogP contribution in [0.3, 0.4) is 0 Å². The standard InChI is InChI=1S/C18H18N2O2S2/c1-11-14(16(19)21)3-2-4-15(11)20-17(22)12-5-7-13(8-6-12)18-23-9-10-24-18/h2-8,18H,9-10H2,1H3,(H2,19,21)(H,20,22). The number of carbonyl (C=O) groups is 2. The van der Waals surface area contributed by atoms with Gasteiger partial charge < -0.3 is 11.1 Å². The molecule has 2 amide bonds. The van der Waals surface area contributed by atoms with Crippen molar-refractivity contribution in [2.45, 2.75) is 11.5 Å². The Hall–Kier alpha value is -1.92. The molecule has 2 aromatic rings. The molecular formula is C18H18N2O2S2. The van der Waals surface area contributed by atoms with Crippen LogP contribution in [0, 0.1) is 6.92 Å². The Morgan fingerprint density at radius 1 is 1.08 bits per heavy atom. The number of nitrogens with one attached hydrogen (secondary N) is 1. The number of anilines is 1. The van der Waals surface area contributed by atoms with Gasteiger partial charge in [-0.2, -0.15) is 0 Å².